The van der Waals surface area contributed by atoms with Crippen molar-refractivity contribution in [3.05, 3.63) is 53.7 Å². The molecule has 3 heterocycles. The monoisotopic (exact) mass is 339 g/mol. The van der Waals surface area contributed by atoms with Crippen LogP contribution in [0, 0.1) is 0 Å². The molecular formula is C18H17N3O2S. The van der Waals surface area contributed by atoms with Crippen molar-refractivity contribution in [2.45, 2.75) is 6.42 Å². The summed E-state index contributed by atoms with van der Waals surface area (Å²) in [5, 5.41) is 2.06. The maximum atomic E-state index is 5.87. The Kier molecular flexibility index (Phi) is 3.84. The van der Waals surface area contributed by atoms with Gasteiger partial charge >= 0.3 is 0 Å². The first-order valence-corrected chi connectivity index (χ1v) is 8.57. The van der Waals surface area contributed by atoms with E-state index in [-0.39, 0.29) is 0 Å². The highest BCUT2D eigenvalue weighted by Crippen LogP contribution is 2.36. The first kappa shape index (κ1) is 15.0. The topological polar surface area (TPSA) is 65.7 Å². The van der Waals surface area contributed by atoms with Crippen LogP contribution < -0.4 is 10.5 Å². The second-order valence-corrected chi connectivity index (χ2v) is 6.20. The van der Waals surface area contributed by atoms with Crippen molar-refractivity contribution in [1.29, 1.82) is 0 Å². The van der Waals surface area contributed by atoms with Gasteiger partial charge in [-0.25, -0.2) is 4.98 Å². The van der Waals surface area contributed by atoms with Crippen LogP contribution in [0.15, 0.2) is 52.5 Å². The van der Waals surface area contributed by atoms with Crippen LogP contribution in [0.3, 0.4) is 0 Å². The number of methoxy groups -OCH3 is 1. The molecule has 0 atom stereocenters. The maximum Gasteiger partial charge on any atom is 0.195 e. The quantitative estimate of drug-likeness (QED) is 0.600. The number of para-hydroxylation sites is 1. The van der Waals surface area contributed by atoms with E-state index < -0.39 is 0 Å². The van der Waals surface area contributed by atoms with Gasteiger partial charge < -0.3 is 14.9 Å². The molecule has 6 heteroatoms. The average Bonchev–Trinajstić information content (AvgIpc) is 3.32. The van der Waals surface area contributed by atoms with Gasteiger partial charge in [0.05, 0.1) is 24.8 Å². The Bertz CT molecular complexity index is 970. The van der Waals surface area contributed by atoms with Crippen LogP contribution in [0.25, 0.3) is 27.7 Å². The van der Waals surface area contributed by atoms with Crippen molar-refractivity contribution < 1.29 is 9.15 Å². The summed E-state index contributed by atoms with van der Waals surface area (Å²) in [7, 11) is 1.67. The van der Waals surface area contributed by atoms with Crippen LogP contribution in [0.1, 0.15) is 5.69 Å². The standard InChI is InChI=1S/C18H17N3O2S/c1-22-15-6-3-2-5-12(15)17-13(8-9-19)21-14(11-24-18(21)20-17)16-7-4-10-23-16/h2-7,10-11H,8-9,19H2,1H3. The van der Waals surface area contributed by atoms with Gasteiger partial charge in [0.15, 0.2) is 10.7 Å². The SMILES string of the molecule is COc1ccccc1-c1nc2scc(-c3ccco3)n2c1CCN. The van der Waals surface area contributed by atoms with Crippen molar-refractivity contribution in [3.8, 4) is 28.5 Å². The van der Waals surface area contributed by atoms with E-state index in [1.165, 1.54) is 0 Å². The molecule has 0 spiro atoms. The van der Waals surface area contributed by atoms with E-state index in [1.54, 1.807) is 24.7 Å². The molecule has 0 fully saturated rings. The van der Waals surface area contributed by atoms with Crippen LogP contribution in [-0.4, -0.2) is 23.0 Å². The minimum absolute atomic E-state index is 0.545. The Morgan fingerprint density at radius 1 is 1.25 bits per heavy atom. The van der Waals surface area contributed by atoms with Gasteiger partial charge in [-0.05, 0) is 30.8 Å². The first-order valence-electron chi connectivity index (χ1n) is 7.69. The summed E-state index contributed by atoms with van der Waals surface area (Å²) < 4.78 is 13.2. The van der Waals surface area contributed by atoms with Crippen LogP contribution in [0.5, 0.6) is 5.75 Å². The molecule has 4 aromatic rings. The molecule has 0 radical (unpaired) electrons. The molecule has 24 heavy (non-hydrogen) atoms. The number of fused-ring (bicyclic) bond motifs is 1. The van der Waals surface area contributed by atoms with Crippen LogP contribution in [0.4, 0.5) is 0 Å². The molecule has 3 aromatic heterocycles. The Morgan fingerprint density at radius 2 is 2.12 bits per heavy atom. The fourth-order valence-electron chi connectivity index (χ4n) is 2.94. The lowest BCUT2D eigenvalue weighted by atomic mass is 10.1. The predicted molar refractivity (Wildman–Crippen MR) is 95.5 cm³/mol. The van der Waals surface area contributed by atoms with Gasteiger partial charge in [-0.1, -0.05) is 12.1 Å². The lowest BCUT2D eigenvalue weighted by Crippen LogP contribution is -2.06. The summed E-state index contributed by atoms with van der Waals surface area (Å²) in [6.45, 7) is 0.545. The maximum absolute atomic E-state index is 5.87. The Balaban J connectivity index is 1.98. The minimum Gasteiger partial charge on any atom is -0.496 e. The van der Waals surface area contributed by atoms with Crippen molar-refractivity contribution in [1.82, 2.24) is 9.38 Å². The van der Waals surface area contributed by atoms with Crippen LogP contribution in [0.2, 0.25) is 0 Å². The number of ether oxygens (including phenoxy) is 1. The summed E-state index contributed by atoms with van der Waals surface area (Å²) in [6.07, 6.45) is 2.40. The van der Waals surface area contributed by atoms with Crippen molar-refractivity contribution in [2.24, 2.45) is 5.73 Å². The van der Waals surface area contributed by atoms with E-state index >= 15 is 0 Å². The van der Waals surface area contributed by atoms with E-state index in [0.717, 1.165) is 45.5 Å². The highest BCUT2D eigenvalue weighted by atomic mass is 32.1. The number of nitrogens with zero attached hydrogens (tertiary/aromatic N) is 2. The highest BCUT2D eigenvalue weighted by Gasteiger charge is 2.21. The molecule has 0 aliphatic heterocycles. The predicted octanol–water partition coefficient (Wildman–Crippen LogP) is 3.83. The number of hydrogen-bond acceptors (Lipinski definition) is 5. The Morgan fingerprint density at radius 3 is 2.88 bits per heavy atom. The smallest absolute Gasteiger partial charge is 0.195 e. The molecule has 0 amide bonds. The summed E-state index contributed by atoms with van der Waals surface area (Å²) in [6, 6.07) is 11.8. The molecule has 0 saturated heterocycles. The second-order valence-electron chi connectivity index (χ2n) is 5.36. The number of aromatic nitrogens is 2. The Hall–Kier alpha value is -2.57. The lowest BCUT2D eigenvalue weighted by Gasteiger charge is -2.09. The molecule has 0 bridgehead atoms. The van der Waals surface area contributed by atoms with E-state index in [0.29, 0.717) is 6.54 Å². The molecule has 0 aliphatic carbocycles. The number of furan rings is 1. The number of thiazole rings is 1. The van der Waals surface area contributed by atoms with E-state index in [9.17, 15) is 0 Å². The molecule has 4 rings (SSSR count). The summed E-state index contributed by atoms with van der Waals surface area (Å²) in [5.74, 6) is 1.63. The molecule has 1 aromatic carbocycles. The number of hydrogen-bond donors (Lipinski definition) is 1. The second kappa shape index (κ2) is 6.14. The van der Waals surface area contributed by atoms with Gasteiger partial charge in [-0.15, -0.1) is 11.3 Å². The minimum atomic E-state index is 0.545. The summed E-state index contributed by atoms with van der Waals surface area (Å²) in [4.78, 5) is 5.77. The van der Waals surface area contributed by atoms with E-state index in [1.807, 2.05) is 36.4 Å². The van der Waals surface area contributed by atoms with Crippen molar-refractivity contribution in [2.75, 3.05) is 13.7 Å². The third-order valence-corrected chi connectivity index (χ3v) is 4.80. The number of imidazole rings is 1. The van der Waals surface area contributed by atoms with Gasteiger partial charge in [0.25, 0.3) is 0 Å². The Labute approximate surface area is 143 Å². The van der Waals surface area contributed by atoms with Crippen molar-refractivity contribution >= 4 is 16.3 Å². The van der Waals surface area contributed by atoms with Gasteiger partial charge in [-0.2, -0.15) is 0 Å². The largest absolute Gasteiger partial charge is 0.496 e. The van der Waals surface area contributed by atoms with Gasteiger partial charge in [-0.3, -0.25) is 4.40 Å². The zero-order valence-corrected chi connectivity index (χ0v) is 14.0. The first-order chi connectivity index (χ1) is 11.8. The molecule has 2 N–H and O–H groups in total. The lowest BCUT2D eigenvalue weighted by molar-refractivity contribution is 0.416. The number of rotatable bonds is 5. The average molecular weight is 339 g/mol. The number of benzene rings is 1. The van der Waals surface area contributed by atoms with Gasteiger partial charge in [0, 0.05) is 17.4 Å². The summed E-state index contributed by atoms with van der Waals surface area (Å²) in [5.41, 5.74) is 9.84. The molecule has 122 valence electrons. The highest BCUT2D eigenvalue weighted by molar-refractivity contribution is 7.15. The zero-order valence-electron chi connectivity index (χ0n) is 13.2. The van der Waals surface area contributed by atoms with E-state index in [2.05, 4.69) is 9.78 Å². The number of nitrogens with two attached hydrogens (primary N) is 1. The van der Waals surface area contributed by atoms with Crippen LogP contribution >= 0.6 is 11.3 Å². The van der Waals surface area contributed by atoms with Crippen LogP contribution in [-0.2, 0) is 6.42 Å². The third-order valence-electron chi connectivity index (χ3n) is 3.98. The van der Waals surface area contributed by atoms with E-state index in [4.69, 9.17) is 19.9 Å². The summed E-state index contributed by atoms with van der Waals surface area (Å²) >= 11 is 1.59. The molecular weight excluding hydrogens is 322 g/mol. The fraction of sp³-hybridized carbons (Fsp3) is 0.167. The fourth-order valence-corrected chi connectivity index (χ4v) is 3.83. The van der Waals surface area contributed by atoms with Gasteiger partial charge in [0.1, 0.15) is 11.4 Å². The molecule has 0 unspecified atom stereocenters. The molecule has 5 nitrogen and oxygen atoms in total. The molecule has 0 saturated carbocycles. The van der Waals surface area contributed by atoms with Crippen molar-refractivity contribution in [3.63, 3.8) is 0 Å². The zero-order chi connectivity index (χ0) is 16.5. The molecule has 0 aliphatic rings. The normalized spacial score (nSPS) is 11.2. The van der Waals surface area contributed by atoms with Gasteiger partial charge in [0.2, 0.25) is 0 Å². The third kappa shape index (κ3) is 2.31.